The highest BCUT2D eigenvalue weighted by Gasteiger charge is 2.42. The quantitative estimate of drug-likeness (QED) is 0.708. The van der Waals surface area contributed by atoms with Crippen molar-refractivity contribution in [2.75, 3.05) is 13.1 Å². The SMILES string of the molecule is CC(C)n1nnc2cc(C(=O)NC3C4CCN(CC4)C3Cc3cccnc3)ccc21. The lowest BCUT2D eigenvalue weighted by Crippen LogP contribution is -2.64. The van der Waals surface area contributed by atoms with Gasteiger partial charge in [0.1, 0.15) is 5.52 Å². The number of carbonyl (C=O) groups excluding carboxylic acids is 1. The molecule has 0 radical (unpaired) electrons. The Hall–Kier alpha value is -2.80. The van der Waals surface area contributed by atoms with Crippen LogP contribution in [-0.4, -0.2) is 56.0 Å². The number of nitrogens with zero attached hydrogens (tertiary/aromatic N) is 5. The van der Waals surface area contributed by atoms with Gasteiger partial charge in [-0.1, -0.05) is 11.3 Å². The van der Waals surface area contributed by atoms with Crippen molar-refractivity contribution in [2.45, 2.75) is 51.2 Å². The molecule has 1 amide bonds. The maximum absolute atomic E-state index is 13.2. The highest BCUT2D eigenvalue weighted by atomic mass is 16.1. The molecule has 6 rings (SSSR count). The molecular formula is C23H28N6O. The van der Waals surface area contributed by atoms with Crippen molar-refractivity contribution in [3.8, 4) is 0 Å². The van der Waals surface area contributed by atoms with E-state index in [2.05, 4.69) is 45.4 Å². The summed E-state index contributed by atoms with van der Waals surface area (Å²) in [6.45, 7) is 6.38. The summed E-state index contributed by atoms with van der Waals surface area (Å²) in [5.74, 6) is 0.511. The second kappa shape index (κ2) is 7.80. The van der Waals surface area contributed by atoms with E-state index in [1.165, 1.54) is 5.56 Å². The Morgan fingerprint density at radius 2 is 2.07 bits per heavy atom. The smallest absolute Gasteiger partial charge is 0.251 e. The minimum absolute atomic E-state index is 0.0223. The second-order valence-corrected chi connectivity index (χ2v) is 8.84. The first kappa shape index (κ1) is 19.2. The van der Waals surface area contributed by atoms with Crippen LogP contribution in [0.15, 0.2) is 42.7 Å². The lowest BCUT2D eigenvalue weighted by molar-refractivity contribution is 0.0136. The Morgan fingerprint density at radius 1 is 1.23 bits per heavy atom. The molecule has 3 fully saturated rings. The highest BCUT2D eigenvalue weighted by molar-refractivity contribution is 5.97. The van der Waals surface area contributed by atoms with E-state index in [9.17, 15) is 4.79 Å². The number of amides is 1. The van der Waals surface area contributed by atoms with Gasteiger partial charge < -0.3 is 5.32 Å². The normalized spacial score (nSPS) is 25.7. The van der Waals surface area contributed by atoms with Gasteiger partial charge in [0.15, 0.2) is 0 Å². The van der Waals surface area contributed by atoms with Crippen LogP contribution in [0.4, 0.5) is 0 Å². The molecule has 2 unspecified atom stereocenters. The molecule has 0 saturated carbocycles. The number of benzene rings is 1. The van der Waals surface area contributed by atoms with Gasteiger partial charge in [-0.05, 0) is 81.9 Å². The number of aromatic nitrogens is 4. The van der Waals surface area contributed by atoms with Gasteiger partial charge in [-0.15, -0.1) is 5.10 Å². The Labute approximate surface area is 176 Å². The third-order valence-electron chi connectivity index (χ3n) is 6.65. The van der Waals surface area contributed by atoms with E-state index in [1.54, 1.807) is 0 Å². The molecule has 3 saturated heterocycles. The van der Waals surface area contributed by atoms with Crippen LogP contribution in [0.3, 0.4) is 0 Å². The van der Waals surface area contributed by atoms with Crippen LogP contribution in [0.5, 0.6) is 0 Å². The second-order valence-electron chi connectivity index (χ2n) is 8.84. The van der Waals surface area contributed by atoms with Gasteiger partial charge in [0, 0.05) is 36.1 Å². The molecule has 2 aromatic heterocycles. The van der Waals surface area contributed by atoms with E-state index < -0.39 is 0 Å². The fraction of sp³-hybridized carbons (Fsp3) is 0.478. The zero-order chi connectivity index (χ0) is 20.7. The van der Waals surface area contributed by atoms with E-state index in [0.717, 1.165) is 43.4 Å². The molecule has 2 atom stereocenters. The van der Waals surface area contributed by atoms with Crippen LogP contribution in [0.25, 0.3) is 11.0 Å². The molecule has 156 valence electrons. The summed E-state index contributed by atoms with van der Waals surface area (Å²) in [4.78, 5) is 20.0. The van der Waals surface area contributed by atoms with E-state index in [0.29, 0.717) is 17.5 Å². The number of pyridine rings is 1. The Morgan fingerprint density at radius 3 is 2.80 bits per heavy atom. The predicted octanol–water partition coefficient (Wildman–Crippen LogP) is 2.84. The standard InChI is InChI=1S/C23H28N6O/c1-15(2)29-20-6-5-18(13-19(20)26-27-29)23(30)25-22-17-7-10-28(11-8-17)21(22)12-16-4-3-9-24-14-16/h3-6,9,13-15,17,21-22H,7-8,10-12H2,1-2H3,(H,25,30). The third-order valence-corrected chi connectivity index (χ3v) is 6.65. The molecule has 1 aromatic carbocycles. The van der Waals surface area contributed by atoms with Crippen molar-refractivity contribution in [3.05, 3.63) is 53.9 Å². The van der Waals surface area contributed by atoms with Gasteiger partial charge in [-0.2, -0.15) is 0 Å². The maximum atomic E-state index is 13.2. The summed E-state index contributed by atoms with van der Waals surface area (Å²) in [5, 5.41) is 11.9. The first-order valence-corrected chi connectivity index (χ1v) is 10.9. The van der Waals surface area contributed by atoms with Crippen LogP contribution >= 0.6 is 0 Å². The highest BCUT2D eigenvalue weighted by Crippen LogP contribution is 2.34. The van der Waals surface area contributed by atoms with Gasteiger partial charge in [0.05, 0.1) is 5.52 Å². The average molecular weight is 405 g/mol. The van der Waals surface area contributed by atoms with Crippen molar-refractivity contribution in [2.24, 2.45) is 5.92 Å². The summed E-state index contributed by atoms with van der Waals surface area (Å²) in [5.41, 5.74) is 3.59. The minimum Gasteiger partial charge on any atom is -0.347 e. The van der Waals surface area contributed by atoms with E-state index in [1.807, 2.05) is 41.3 Å². The Bertz CT molecular complexity index is 1040. The summed E-state index contributed by atoms with van der Waals surface area (Å²) < 4.78 is 1.88. The zero-order valence-corrected chi connectivity index (χ0v) is 17.5. The number of fused-ring (bicyclic) bond motifs is 4. The number of nitrogens with one attached hydrogen (secondary N) is 1. The first-order valence-electron chi connectivity index (χ1n) is 10.9. The molecule has 0 aliphatic carbocycles. The molecule has 7 nitrogen and oxygen atoms in total. The average Bonchev–Trinajstić information content (AvgIpc) is 3.20. The lowest BCUT2D eigenvalue weighted by atomic mass is 9.76. The molecule has 3 aromatic rings. The number of piperidine rings is 3. The first-order chi connectivity index (χ1) is 14.6. The van der Waals surface area contributed by atoms with E-state index in [4.69, 9.17) is 0 Å². The third kappa shape index (κ3) is 3.47. The topological polar surface area (TPSA) is 75.9 Å². The Balaban J connectivity index is 1.37. The molecule has 2 bridgehead atoms. The van der Waals surface area contributed by atoms with Crippen LogP contribution < -0.4 is 5.32 Å². The van der Waals surface area contributed by atoms with Gasteiger partial charge in [-0.25, -0.2) is 4.68 Å². The van der Waals surface area contributed by atoms with Crippen molar-refractivity contribution in [1.29, 1.82) is 0 Å². The summed E-state index contributed by atoms with van der Waals surface area (Å²) in [7, 11) is 0. The number of hydrogen-bond acceptors (Lipinski definition) is 5. The van der Waals surface area contributed by atoms with Crippen molar-refractivity contribution in [1.82, 2.24) is 30.2 Å². The van der Waals surface area contributed by atoms with Crippen molar-refractivity contribution >= 4 is 16.9 Å². The van der Waals surface area contributed by atoms with Crippen molar-refractivity contribution in [3.63, 3.8) is 0 Å². The van der Waals surface area contributed by atoms with E-state index >= 15 is 0 Å². The predicted molar refractivity (Wildman–Crippen MR) is 115 cm³/mol. The van der Waals surface area contributed by atoms with E-state index in [-0.39, 0.29) is 18.0 Å². The number of hydrogen-bond donors (Lipinski definition) is 1. The van der Waals surface area contributed by atoms with Crippen LogP contribution in [-0.2, 0) is 6.42 Å². The molecule has 7 heteroatoms. The maximum Gasteiger partial charge on any atom is 0.251 e. The number of carbonyl (C=O) groups is 1. The van der Waals surface area contributed by atoms with Crippen LogP contribution in [0.2, 0.25) is 0 Å². The van der Waals surface area contributed by atoms with Crippen LogP contribution in [0.1, 0.15) is 48.7 Å². The van der Waals surface area contributed by atoms with Crippen LogP contribution in [0, 0.1) is 5.92 Å². The molecule has 0 spiro atoms. The minimum atomic E-state index is -0.0223. The van der Waals surface area contributed by atoms with Gasteiger partial charge in [0.2, 0.25) is 0 Å². The lowest BCUT2D eigenvalue weighted by Gasteiger charge is -2.51. The monoisotopic (exact) mass is 404 g/mol. The molecule has 1 N–H and O–H groups in total. The van der Waals surface area contributed by atoms with Gasteiger partial charge in [0.25, 0.3) is 5.91 Å². The summed E-state index contributed by atoms with van der Waals surface area (Å²) in [6, 6.07) is 10.5. The molecule has 3 aliphatic rings. The fourth-order valence-corrected chi connectivity index (χ4v) is 5.08. The summed E-state index contributed by atoms with van der Waals surface area (Å²) in [6.07, 6.45) is 6.96. The Kier molecular flexibility index (Phi) is 4.98. The van der Waals surface area contributed by atoms with Crippen molar-refractivity contribution < 1.29 is 4.79 Å². The van der Waals surface area contributed by atoms with Gasteiger partial charge >= 0.3 is 0 Å². The summed E-state index contributed by atoms with van der Waals surface area (Å²) >= 11 is 0. The molecular weight excluding hydrogens is 376 g/mol. The molecule has 5 heterocycles. The number of rotatable bonds is 5. The fourth-order valence-electron chi connectivity index (χ4n) is 5.08. The van der Waals surface area contributed by atoms with Gasteiger partial charge in [-0.3, -0.25) is 14.7 Å². The zero-order valence-electron chi connectivity index (χ0n) is 17.5. The largest absolute Gasteiger partial charge is 0.347 e. The molecule has 3 aliphatic heterocycles. The molecule has 30 heavy (non-hydrogen) atoms.